The van der Waals surface area contributed by atoms with Crippen molar-refractivity contribution in [2.45, 2.75) is 25.0 Å². The van der Waals surface area contributed by atoms with Gasteiger partial charge in [-0.2, -0.15) is 0 Å². The second-order valence-electron chi connectivity index (χ2n) is 8.67. The minimum atomic E-state index is -0.798. The Morgan fingerprint density at radius 1 is 0.914 bits per heavy atom. The molecule has 4 amide bonds. The Morgan fingerprint density at radius 2 is 1.60 bits per heavy atom. The number of piperazine rings is 1. The van der Waals surface area contributed by atoms with Gasteiger partial charge in [-0.1, -0.05) is 24.3 Å². The molecule has 3 aliphatic rings. The highest BCUT2D eigenvalue weighted by molar-refractivity contribution is 6.09. The largest absolute Gasteiger partial charge is 0.485 e. The molecule has 10 heteroatoms. The van der Waals surface area contributed by atoms with Gasteiger partial charge in [0.2, 0.25) is 17.9 Å². The first-order valence-corrected chi connectivity index (χ1v) is 11.7. The average Bonchev–Trinajstić information content (AvgIpc) is 3.02. The van der Waals surface area contributed by atoms with Gasteiger partial charge in [-0.3, -0.25) is 19.2 Å². The van der Waals surface area contributed by atoms with E-state index < -0.39 is 12.1 Å². The van der Waals surface area contributed by atoms with Crippen LogP contribution in [0.4, 0.5) is 5.69 Å². The van der Waals surface area contributed by atoms with Gasteiger partial charge in [0.05, 0.1) is 11.3 Å². The molecule has 3 heterocycles. The van der Waals surface area contributed by atoms with E-state index in [-0.39, 0.29) is 43.1 Å². The van der Waals surface area contributed by atoms with Crippen molar-refractivity contribution in [3.63, 3.8) is 0 Å². The summed E-state index contributed by atoms with van der Waals surface area (Å²) in [5, 5.41) is 5.46. The number of fused-ring (bicyclic) bond motifs is 2. The molecule has 2 N–H and O–H groups in total. The van der Waals surface area contributed by atoms with Gasteiger partial charge in [-0.25, -0.2) is 0 Å². The maximum atomic E-state index is 12.9. The van der Waals surface area contributed by atoms with Gasteiger partial charge in [0.25, 0.3) is 11.8 Å². The Kier molecular flexibility index (Phi) is 6.26. The van der Waals surface area contributed by atoms with Crippen LogP contribution >= 0.6 is 0 Å². The monoisotopic (exact) mass is 478 g/mol. The number of nitrogens with one attached hydrogen (secondary N) is 2. The maximum absolute atomic E-state index is 12.9. The van der Waals surface area contributed by atoms with Gasteiger partial charge >= 0.3 is 0 Å². The number of carbonyl (C=O) groups excluding carboxylic acids is 4. The first-order valence-electron chi connectivity index (χ1n) is 11.7. The van der Waals surface area contributed by atoms with E-state index >= 15 is 0 Å². The quantitative estimate of drug-likeness (QED) is 0.678. The molecule has 35 heavy (non-hydrogen) atoms. The lowest BCUT2D eigenvalue weighted by molar-refractivity contribution is -0.146. The first-order chi connectivity index (χ1) is 17.0. The van der Waals surface area contributed by atoms with Crippen LogP contribution in [0.25, 0.3) is 0 Å². The molecule has 1 saturated heterocycles. The number of benzene rings is 2. The number of anilines is 1. The Labute approximate surface area is 202 Å². The molecule has 0 bridgehead atoms. The van der Waals surface area contributed by atoms with E-state index in [1.807, 2.05) is 12.1 Å². The number of para-hydroxylation sites is 3. The third-order valence-corrected chi connectivity index (χ3v) is 6.43. The zero-order chi connectivity index (χ0) is 24.4. The van der Waals surface area contributed by atoms with Gasteiger partial charge in [0, 0.05) is 32.6 Å². The fourth-order valence-corrected chi connectivity index (χ4v) is 4.46. The van der Waals surface area contributed by atoms with Gasteiger partial charge in [-0.05, 0) is 30.7 Å². The van der Waals surface area contributed by atoms with Crippen LogP contribution in [0.15, 0.2) is 48.5 Å². The molecule has 0 aromatic heterocycles. The lowest BCUT2D eigenvalue weighted by atomic mass is 10.1. The summed E-state index contributed by atoms with van der Waals surface area (Å²) in [7, 11) is 0. The molecular weight excluding hydrogens is 452 g/mol. The number of amides is 4. The van der Waals surface area contributed by atoms with Crippen molar-refractivity contribution in [1.82, 2.24) is 15.1 Å². The fourth-order valence-electron chi connectivity index (χ4n) is 4.46. The van der Waals surface area contributed by atoms with E-state index in [0.29, 0.717) is 48.9 Å². The molecule has 1 fully saturated rings. The van der Waals surface area contributed by atoms with Crippen molar-refractivity contribution in [3.05, 3.63) is 54.1 Å². The van der Waals surface area contributed by atoms with Crippen molar-refractivity contribution >= 4 is 29.3 Å². The van der Waals surface area contributed by atoms with Crippen LogP contribution in [0, 0.1) is 0 Å². The molecule has 2 aromatic rings. The molecule has 182 valence electrons. The topological polar surface area (TPSA) is 117 Å². The molecular formula is C25H26N4O6. The van der Waals surface area contributed by atoms with Crippen molar-refractivity contribution in [1.29, 1.82) is 0 Å². The van der Waals surface area contributed by atoms with Crippen LogP contribution in [-0.4, -0.2) is 78.4 Å². The Bertz CT molecular complexity index is 1160. The highest BCUT2D eigenvalue weighted by Gasteiger charge is 2.34. The molecule has 2 aromatic carbocycles. The van der Waals surface area contributed by atoms with Crippen LogP contribution in [0.2, 0.25) is 0 Å². The molecule has 10 nitrogen and oxygen atoms in total. The zero-order valence-electron chi connectivity index (χ0n) is 19.1. The van der Waals surface area contributed by atoms with Crippen molar-refractivity contribution in [2.24, 2.45) is 0 Å². The summed E-state index contributed by atoms with van der Waals surface area (Å²) in [6, 6.07) is 13.2. The molecule has 0 radical (unpaired) electrons. The molecule has 0 unspecified atom stereocenters. The summed E-state index contributed by atoms with van der Waals surface area (Å²) in [4.78, 5) is 54.0. The average molecular weight is 479 g/mol. The van der Waals surface area contributed by atoms with Crippen molar-refractivity contribution in [3.8, 4) is 11.5 Å². The fraction of sp³-hybridized carbons (Fsp3) is 0.360. The summed E-state index contributed by atoms with van der Waals surface area (Å²) >= 11 is 0. The zero-order valence-corrected chi connectivity index (χ0v) is 19.1. The predicted octanol–water partition coefficient (Wildman–Crippen LogP) is 1.03. The lowest BCUT2D eigenvalue weighted by Crippen LogP contribution is -2.55. The predicted molar refractivity (Wildman–Crippen MR) is 125 cm³/mol. The number of hydrogen-bond acceptors (Lipinski definition) is 6. The third kappa shape index (κ3) is 4.77. The molecule has 5 rings (SSSR count). The maximum Gasteiger partial charge on any atom is 0.267 e. The molecule has 3 aliphatic heterocycles. The van der Waals surface area contributed by atoms with Crippen molar-refractivity contribution in [2.75, 3.05) is 38.1 Å². The summed E-state index contributed by atoms with van der Waals surface area (Å²) in [5.74, 6) is 0.192. The Balaban J connectivity index is 1.10. The normalized spacial score (nSPS) is 21.4. The van der Waals surface area contributed by atoms with E-state index in [2.05, 4.69) is 10.6 Å². The Hall–Kier alpha value is -4.08. The number of nitrogens with zero attached hydrogens (tertiary/aromatic N) is 2. The van der Waals surface area contributed by atoms with Crippen LogP contribution < -0.4 is 20.1 Å². The minimum absolute atomic E-state index is 0.110. The van der Waals surface area contributed by atoms with E-state index in [0.717, 1.165) is 0 Å². The summed E-state index contributed by atoms with van der Waals surface area (Å²) in [5.41, 5.74) is 0.853. The van der Waals surface area contributed by atoms with E-state index in [1.165, 1.54) is 0 Å². The molecule has 2 atom stereocenters. The minimum Gasteiger partial charge on any atom is -0.485 e. The lowest BCUT2D eigenvalue weighted by Gasteiger charge is -2.37. The summed E-state index contributed by atoms with van der Waals surface area (Å²) < 4.78 is 11.5. The number of rotatable bonds is 4. The molecule has 0 saturated carbocycles. The van der Waals surface area contributed by atoms with Gasteiger partial charge < -0.3 is 29.9 Å². The standard InChI is InChI=1S/C25H26N4O6/c30-22(10-9-18-24(32)26-17-6-2-1-5-16(17)23(31)27-18)28-11-13-29(14-12-28)25(33)21-15-34-19-7-3-4-8-20(19)35-21/h1-8,18,21H,9-15H2,(H,26,32)(H,27,31)/t18-,21-/m1/s1. The third-order valence-electron chi connectivity index (χ3n) is 6.43. The first kappa shape index (κ1) is 22.7. The highest BCUT2D eigenvalue weighted by Crippen LogP contribution is 2.31. The molecule has 0 aliphatic carbocycles. The van der Waals surface area contributed by atoms with Crippen LogP contribution in [-0.2, 0) is 14.4 Å². The summed E-state index contributed by atoms with van der Waals surface area (Å²) in [6.45, 7) is 1.71. The van der Waals surface area contributed by atoms with Gasteiger partial charge in [0.15, 0.2) is 11.5 Å². The van der Waals surface area contributed by atoms with Crippen LogP contribution in [0.1, 0.15) is 23.2 Å². The van der Waals surface area contributed by atoms with Crippen LogP contribution in [0.3, 0.4) is 0 Å². The van der Waals surface area contributed by atoms with Crippen LogP contribution in [0.5, 0.6) is 11.5 Å². The smallest absolute Gasteiger partial charge is 0.267 e. The van der Waals surface area contributed by atoms with E-state index in [9.17, 15) is 19.2 Å². The van der Waals surface area contributed by atoms with E-state index in [1.54, 1.807) is 46.2 Å². The van der Waals surface area contributed by atoms with Gasteiger partial charge in [-0.15, -0.1) is 0 Å². The second-order valence-corrected chi connectivity index (χ2v) is 8.67. The highest BCUT2D eigenvalue weighted by atomic mass is 16.6. The van der Waals surface area contributed by atoms with Crippen molar-refractivity contribution < 1.29 is 28.7 Å². The Morgan fingerprint density at radius 3 is 2.40 bits per heavy atom. The van der Waals surface area contributed by atoms with E-state index in [4.69, 9.17) is 9.47 Å². The second kappa shape index (κ2) is 9.65. The van der Waals surface area contributed by atoms with Gasteiger partial charge in [0.1, 0.15) is 12.6 Å². The molecule has 0 spiro atoms. The number of carbonyl (C=O) groups is 4. The number of ether oxygens (including phenoxy) is 2. The number of hydrogen-bond donors (Lipinski definition) is 2. The summed E-state index contributed by atoms with van der Waals surface area (Å²) in [6.07, 6.45) is -0.413. The SMILES string of the molecule is O=C1N[C@H](CCC(=O)N2CCN(C(=O)[C@H]3COc4ccccc4O3)CC2)C(=O)Nc2ccccc21.